The molecule has 0 saturated heterocycles. The number of nitrogens with one attached hydrogen (secondary N) is 1. The number of aromatic nitrogens is 2. The van der Waals surface area contributed by atoms with Crippen LogP contribution in [0.3, 0.4) is 0 Å². The van der Waals surface area contributed by atoms with Crippen molar-refractivity contribution in [1.82, 2.24) is 9.78 Å². The van der Waals surface area contributed by atoms with Crippen LogP contribution in [-0.4, -0.2) is 30.0 Å². The van der Waals surface area contributed by atoms with Crippen molar-refractivity contribution in [3.05, 3.63) is 33.7 Å². The maximum atomic E-state index is 11.9. The second kappa shape index (κ2) is 7.33. The fourth-order valence-corrected chi connectivity index (χ4v) is 1.92. The van der Waals surface area contributed by atoms with E-state index >= 15 is 0 Å². The van der Waals surface area contributed by atoms with E-state index in [-0.39, 0.29) is 5.56 Å². The molecule has 1 aromatic heterocycles. The van der Waals surface area contributed by atoms with Crippen molar-refractivity contribution >= 4 is 21.6 Å². The number of nitrogens with zero attached hydrogens (tertiary/aromatic N) is 2. The minimum absolute atomic E-state index is 0.167. The summed E-state index contributed by atoms with van der Waals surface area (Å²) in [6.07, 6.45) is 3.27. The zero-order chi connectivity index (χ0) is 13.5. The number of hydrogen-bond acceptors (Lipinski definition) is 4. The van der Waals surface area contributed by atoms with Gasteiger partial charge < -0.3 is 10.1 Å². The first-order chi connectivity index (χ1) is 8.60. The highest BCUT2D eigenvalue weighted by molar-refractivity contribution is 9.10. The molecule has 1 heterocycles. The van der Waals surface area contributed by atoms with Crippen molar-refractivity contribution in [2.45, 2.75) is 13.5 Å². The highest BCUT2D eigenvalue weighted by atomic mass is 79.9. The van der Waals surface area contributed by atoms with Gasteiger partial charge in [0.05, 0.1) is 25.0 Å². The number of rotatable bonds is 7. The molecule has 0 fully saturated rings. The van der Waals surface area contributed by atoms with Crippen LogP contribution in [-0.2, 0) is 11.3 Å². The van der Waals surface area contributed by atoms with Gasteiger partial charge in [-0.2, -0.15) is 5.10 Å². The quantitative estimate of drug-likeness (QED) is 0.781. The molecule has 100 valence electrons. The summed E-state index contributed by atoms with van der Waals surface area (Å²) >= 11 is 3.29. The smallest absolute Gasteiger partial charge is 0.283 e. The summed E-state index contributed by atoms with van der Waals surface area (Å²) in [5.41, 5.74) is 0.530. The van der Waals surface area contributed by atoms with E-state index in [1.807, 2.05) is 0 Å². The summed E-state index contributed by atoms with van der Waals surface area (Å²) in [5, 5.41) is 7.24. The SMILES string of the molecule is C=CCn1ncc(NCC(C)COC)c(Br)c1=O. The molecule has 0 aliphatic heterocycles. The van der Waals surface area contributed by atoms with Gasteiger partial charge in [0.25, 0.3) is 5.56 Å². The Labute approximate surface area is 115 Å². The van der Waals surface area contributed by atoms with E-state index < -0.39 is 0 Å². The van der Waals surface area contributed by atoms with Crippen molar-refractivity contribution in [1.29, 1.82) is 0 Å². The maximum absolute atomic E-state index is 11.9. The summed E-state index contributed by atoms with van der Waals surface area (Å²) in [6, 6.07) is 0. The van der Waals surface area contributed by atoms with Gasteiger partial charge in [-0.1, -0.05) is 13.0 Å². The van der Waals surface area contributed by atoms with Crippen molar-refractivity contribution in [3.63, 3.8) is 0 Å². The van der Waals surface area contributed by atoms with Gasteiger partial charge in [-0.3, -0.25) is 4.79 Å². The van der Waals surface area contributed by atoms with E-state index in [0.29, 0.717) is 29.2 Å². The Morgan fingerprint density at radius 3 is 3.06 bits per heavy atom. The van der Waals surface area contributed by atoms with Crippen LogP contribution in [0.2, 0.25) is 0 Å². The van der Waals surface area contributed by atoms with Gasteiger partial charge in [0.15, 0.2) is 0 Å². The van der Waals surface area contributed by atoms with Gasteiger partial charge in [0.2, 0.25) is 0 Å². The number of hydrogen-bond donors (Lipinski definition) is 1. The summed E-state index contributed by atoms with van der Waals surface area (Å²) in [6.45, 7) is 7.44. The molecule has 0 spiro atoms. The lowest BCUT2D eigenvalue weighted by atomic mass is 10.2. The largest absolute Gasteiger partial charge is 0.384 e. The lowest BCUT2D eigenvalue weighted by Gasteiger charge is -2.13. The lowest BCUT2D eigenvalue weighted by molar-refractivity contribution is 0.164. The molecule has 1 unspecified atom stereocenters. The average Bonchev–Trinajstić information content (AvgIpc) is 2.35. The van der Waals surface area contributed by atoms with Crippen molar-refractivity contribution in [2.75, 3.05) is 25.6 Å². The fourth-order valence-electron chi connectivity index (χ4n) is 1.47. The predicted octanol–water partition coefficient (Wildman–Crippen LogP) is 1.89. The first-order valence-corrected chi connectivity index (χ1v) is 6.48. The Hall–Kier alpha value is -1.14. The Kier molecular flexibility index (Phi) is 6.07. The van der Waals surface area contributed by atoms with Gasteiger partial charge in [-0.25, -0.2) is 4.68 Å². The summed E-state index contributed by atoms with van der Waals surface area (Å²) in [7, 11) is 1.67. The molecule has 0 aromatic carbocycles. The Morgan fingerprint density at radius 2 is 2.44 bits per heavy atom. The second-order valence-corrected chi connectivity index (χ2v) is 4.88. The van der Waals surface area contributed by atoms with E-state index in [9.17, 15) is 4.79 Å². The number of ether oxygens (including phenoxy) is 1. The van der Waals surface area contributed by atoms with Crippen molar-refractivity contribution < 1.29 is 4.74 Å². The van der Waals surface area contributed by atoms with Crippen LogP contribution >= 0.6 is 15.9 Å². The Bertz CT molecular complexity index is 459. The molecular formula is C12H18BrN3O2. The molecule has 0 aliphatic rings. The molecule has 1 rings (SSSR count). The molecule has 0 bridgehead atoms. The van der Waals surface area contributed by atoms with Crippen LogP contribution in [0.15, 0.2) is 28.1 Å². The van der Waals surface area contributed by atoms with Gasteiger partial charge in [0.1, 0.15) is 4.47 Å². The number of anilines is 1. The molecule has 1 atom stereocenters. The molecule has 0 saturated carbocycles. The van der Waals surface area contributed by atoms with Crippen LogP contribution in [0.5, 0.6) is 0 Å². The van der Waals surface area contributed by atoms with Gasteiger partial charge >= 0.3 is 0 Å². The minimum Gasteiger partial charge on any atom is -0.384 e. The van der Waals surface area contributed by atoms with E-state index in [4.69, 9.17) is 4.74 Å². The minimum atomic E-state index is -0.167. The van der Waals surface area contributed by atoms with Crippen LogP contribution in [0.1, 0.15) is 6.92 Å². The van der Waals surface area contributed by atoms with E-state index in [0.717, 1.165) is 6.54 Å². The Morgan fingerprint density at radius 1 is 1.72 bits per heavy atom. The summed E-state index contributed by atoms with van der Waals surface area (Å²) in [4.78, 5) is 11.9. The molecule has 0 amide bonds. The van der Waals surface area contributed by atoms with Gasteiger partial charge in [-0.05, 0) is 21.8 Å². The molecule has 6 heteroatoms. The average molecular weight is 316 g/mol. The second-order valence-electron chi connectivity index (χ2n) is 4.09. The normalized spacial score (nSPS) is 12.2. The molecule has 1 aromatic rings. The fraction of sp³-hybridized carbons (Fsp3) is 0.500. The van der Waals surface area contributed by atoms with E-state index in [1.165, 1.54) is 4.68 Å². The highest BCUT2D eigenvalue weighted by Gasteiger charge is 2.09. The highest BCUT2D eigenvalue weighted by Crippen LogP contribution is 2.16. The first-order valence-electron chi connectivity index (χ1n) is 5.69. The summed E-state index contributed by atoms with van der Waals surface area (Å²) < 4.78 is 6.89. The zero-order valence-electron chi connectivity index (χ0n) is 10.6. The van der Waals surface area contributed by atoms with Crippen molar-refractivity contribution in [2.24, 2.45) is 5.92 Å². The number of halogens is 1. The molecular weight excluding hydrogens is 298 g/mol. The van der Waals surface area contributed by atoms with E-state index in [1.54, 1.807) is 19.4 Å². The zero-order valence-corrected chi connectivity index (χ0v) is 12.2. The van der Waals surface area contributed by atoms with Crippen LogP contribution in [0, 0.1) is 5.92 Å². The Balaban J connectivity index is 2.76. The topological polar surface area (TPSA) is 56.1 Å². The van der Waals surface area contributed by atoms with Gasteiger partial charge in [0, 0.05) is 13.7 Å². The van der Waals surface area contributed by atoms with Crippen molar-refractivity contribution in [3.8, 4) is 0 Å². The maximum Gasteiger partial charge on any atom is 0.283 e. The third kappa shape index (κ3) is 3.96. The third-order valence-electron chi connectivity index (χ3n) is 2.38. The summed E-state index contributed by atoms with van der Waals surface area (Å²) in [5.74, 6) is 0.359. The van der Waals surface area contributed by atoms with Gasteiger partial charge in [-0.15, -0.1) is 6.58 Å². The number of methoxy groups -OCH3 is 1. The first kappa shape index (κ1) is 14.9. The molecule has 5 nitrogen and oxygen atoms in total. The van der Waals surface area contributed by atoms with E-state index in [2.05, 4.69) is 39.8 Å². The van der Waals surface area contributed by atoms with Crippen LogP contribution in [0.4, 0.5) is 5.69 Å². The lowest BCUT2D eigenvalue weighted by Crippen LogP contribution is -2.25. The third-order valence-corrected chi connectivity index (χ3v) is 3.15. The van der Waals surface area contributed by atoms with Crippen LogP contribution < -0.4 is 10.9 Å². The molecule has 0 radical (unpaired) electrons. The standard InChI is InChI=1S/C12H18BrN3O2/c1-4-5-16-12(17)11(13)10(7-15-16)14-6-9(2)8-18-3/h4,7,9,14H,1,5-6,8H2,2-3H3. The molecule has 18 heavy (non-hydrogen) atoms. The monoisotopic (exact) mass is 315 g/mol. The number of allylic oxidation sites excluding steroid dienone is 1. The predicted molar refractivity (Wildman–Crippen MR) is 75.9 cm³/mol. The van der Waals surface area contributed by atoms with Crippen LogP contribution in [0.25, 0.3) is 0 Å². The molecule has 0 aliphatic carbocycles. The molecule has 1 N–H and O–H groups in total.